The van der Waals surface area contributed by atoms with Gasteiger partial charge in [0, 0.05) is 0 Å². The van der Waals surface area contributed by atoms with Gasteiger partial charge in [-0.3, -0.25) is 0 Å². The van der Waals surface area contributed by atoms with E-state index in [1.165, 1.54) is 30.7 Å². The van der Waals surface area contributed by atoms with Crippen molar-refractivity contribution in [2.45, 2.75) is 0 Å². The van der Waals surface area contributed by atoms with E-state index in [-0.39, 0.29) is 56.3 Å². The first-order valence-electron chi connectivity index (χ1n) is 8.25. The number of rotatable bonds is 13. The molecule has 152 valence electrons. The lowest BCUT2D eigenvalue weighted by Gasteiger charge is -2.10. The van der Waals surface area contributed by atoms with Crippen LogP contribution < -0.4 is 0 Å². The van der Waals surface area contributed by atoms with Gasteiger partial charge in [-0.05, 0) is 18.2 Å². The van der Waals surface area contributed by atoms with Gasteiger partial charge in [-0.15, -0.1) is 0 Å². The van der Waals surface area contributed by atoms with Crippen molar-refractivity contribution in [2.24, 2.45) is 0 Å². The largest absolute Gasteiger partial charge is 0.498 e. The quantitative estimate of drug-likeness (QED) is 0.230. The topological polar surface area (TPSA) is 118 Å². The lowest BCUT2D eigenvalue weighted by molar-refractivity contribution is 0.0416. The SMILES string of the molecule is C=COCCOC(=O)c1cc(C(=O)OCCO)cc(C(=O)OCCOC=C)c1. The molecule has 0 aliphatic carbocycles. The van der Waals surface area contributed by atoms with Crippen LogP contribution in [0.4, 0.5) is 0 Å². The summed E-state index contributed by atoms with van der Waals surface area (Å²) in [5.74, 6) is -2.36. The Morgan fingerprint density at radius 3 is 1.39 bits per heavy atom. The van der Waals surface area contributed by atoms with Crippen LogP contribution in [-0.4, -0.2) is 62.7 Å². The predicted octanol–water partition coefficient (Wildman–Crippen LogP) is 1.47. The van der Waals surface area contributed by atoms with Crippen LogP contribution >= 0.6 is 0 Å². The van der Waals surface area contributed by atoms with Crippen LogP contribution in [0.1, 0.15) is 31.1 Å². The number of esters is 3. The maximum absolute atomic E-state index is 12.2. The smallest absolute Gasteiger partial charge is 0.338 e. The highest BCUT2D eigenvalue weighted by Crippen LogP contribution is 2.14. The molecule has 1 aromatic carbocycles. The van der Waals surface area contributed by atoms with Crippen LogP contribution in [0.25, 0.3) is 0 Å². The van der Waals surface area contributed by atoms with Gasteiger partial charge in [-0.25, -0.2) is 14.4 Å². The van der Waals surface area contributed by atoms with Crippen molar-refractivity contribution in [2.75, 3.05) is 39.6 Å². The number of carbonyl (C=O) groups is 3. The third-order valence-electron chi connectivity index (χ3n) is 3.07. The highest BCUT2D eigenvalue weighted by molar-refractivity contribution is 6.00. The molecule has 0 unspecified atom stereocenters. The molecule has 0 aliphatic rings. The Balaban J connectivity index is 2.97. The third kappa shape index (κ3) is 7.92. The van der Waals surface area contributed by atoms with E-state index in [1.54, 1.807) is 0 Å². The normalized spacial score (nSPS) is 9.75. The van der Waals surface area contributed by atoms with Gasteiger partial charge in [-0.1, -0.05) is 13.2 Å². The van der Waals surface area contributed by atoms with Crippen LogP contribution in [0.15, 0.2) is 43.9 Å². The summed E-state index contributed by atoms with van der Waals surface area (Å²) in [7, 11) is 0. The van der Waals surface area contributed by atoms with Crippen molar-refractivity contribution in [3.8, 4) is 0 Å². The minimum absolute atomic E-state index is 0.0497. The summed E-state index contributed by atoms with van der Waals surface area (Å²) < 4.78 is 24.5. The van der Waals surface area contributed by atoms with Crippen molar-refractivity contribution >= 4 is 17.9 Å². The number of hydrogen-bond donors (Lipinski definition) is 1. The Kier molecular flexibility index (Phi) is 10.5. The molecule has 0 fully saturated rings. The molecule has 0 heterocycles. The zero-order chi connectivity index (χ0) is 20.8. The van der Waals surface area contributed by atoms with Gasteiger partial charge in [-0.2, -0.15) is 0 Å². The molecule has 0 spiro atoms. The highest BCUT2D eigenvalue weighted by Gasteiger charge is 2.19. The lowest BCUT2D eigenvalue weighted by Crippen LogP contribution is -2.16. The average molecular weight is 394 g/mol. The number of hydrogen-bond acceptors (Lipinski definition) is 9. The summed E-state index contributed by atoms with van der Waals surface area (Å²) >= 11 is 0. The molecule has 1 aromatic rings. The molecule has 0 saturated heterocycles. The van der Waals surface area contributed by atoms with E-state index in [4.69, 9.17) is 28.8 Å². The molecule has 9 nitrogen and oxygen atoms in total. The molecular formula is C19H22O9. The fraction of sp³-hybridized carbons (Fsp3) is 0.316. The van der Waals surface area contributed by atoms with Gasteiger partial charge in [0.05, 0.1) is 35.8 Å². The summed E-state index contributed by atoms with van der Waals surface area (Å²) in [4.78, 5) is 36.4. The molecule has 0 aliphatic heterocycles. The van der Waals surface area contributed by atoms with Crippen molar-refractivity contribution in [1.29, 1.82) is 0 Å². The Hall–Kier alpha value is -3.33. The van der Waals surface area contributed by atoms with Crippen LogP contribution in [0.5, 0.6) is 0 Å². The summed E-state index contributed by atoms with van der Waals surface area (Å²) in [5, 5.41) is 8.77. The maximum atomic E-state index is 12.2. The second-order valence-electron chi connectivity index (χ2n) is 5.01. The van der Waals surface area contributed by atoms with E-state index in [9.17, 15) is 14.4 Å². The van der Waals surface area contributed by atoms with Crippen LogP contribution in [-0.2, 0) is 23.7 Å². The number of benzene rings is 1. The summed E-state index contributed by atoms with van der Waals surface area (Å²) in [5.41, 5.74) is -0.169. The summed E-state index contributed by atoms with van der Waals surface area (Å²) in [6, 6.07) is 3.66. The lowest BCUT2D eigenvalue weighted by atomic mass is 10.1. The minimum Gasteiger partial charge on any atom is -0.498 e. The van der Waals surface area contributed by atoms with Crippen molar-refractivity contribution in [1.82, 2.24) is 0 Å². The molecule has 1 rings (SSSR count). The summed E-state index contributed by atoms with van der Waals surface area (Å²) in [6.07, 6.45) is 2.41. The predicted molar refractivity (Wildman–Crippen MR) is 96.7 cm³/mol. The molecule has 0 saturated carbocycles. The first kappa shape index (κ1) is 22.7. The highest BCUT2D eigenvalue weighted by atomic mass is 16.6. The molecule has 0 atom stereocenters. The number of aliphatic hydroxyl groups is 1. The molecular weight excluding hydrogens is 372 g/mol. The van der Waals surface area contributed by atoms with Crippen LogP contribution in [0.2, 0.25) is 0 Å². The number of carbonyl (C=O) groups excluding carboxylic acids is 3. The Bertz CT molecular complexity index is 650. The van der Waals surface area contributed by atoms with E-state index in [0.29, 0.717) is 0 Å². The molecule has 9 heteroatoms. The second-order valence-corrected chi connectivity index (χ2v) is 5.01. The molecule has 0 amide bonds. The number of ether oxygens (including phenoxy) is 5. The maximum Gasteiger partial charge on any atom is 0.338 e. The first-order valence-corrected chi connectivity index (χ1v) is 8.25. The van der Waals surface area contributed by atoms with Gasteiger partial charge in [0.1, 0.15) is 33.0 Å². The fourth-order valence-electron chi connectivity index (χ4n) is 1.90. The van der Waals surface area contributed by atoms with Gasteiger partial charge < -0.3 is 28.8 Å². The standard InChI is InChI=1S/C19H22O9/c1-3-24-7-9-27-18(22)15-11-14(17(21)26-6-5-20)12-16(13-15)19(23)28-10-8-25-4-2/h3-4,11-13,20H,1-2,5-10H2. The van der Waals surface area contributed by atoms with Crippen LogP contribution in [0.3, 0.4) is 0 Å². The summed E-state index contributed by atoms with van der Waals surface area (Å²) in [6.45, 7) is 6.22. The van der Waals surface area contributed by atoms with Gasteiger partial charge >= 0.3 is 17.9 Å². The Labute approximate surface area is 162 Å². The van der Waals surface area contributed by atoms with Crippen molar-refractivity contribution < 1.29 is 43.2 Å². The minimum atomic E-state index is -0.817. The zero-order valence-electron chi connectivity index (χ0n) is 15.3. The molecule has 0 bridgehead atoms. The zero-order valence-corrected chi connectivity index (χ0v) is 15.3. The van der Waals surface area contributed by atoms with E-state index in [1.807, 2.05) is 0 Å². The second kappa shape index (κ2) is 12.9. The molecule has 28 heavy (non-hydrogen) atoms. The average Bonchev–Trinajstić information content (AvgIpc) is 2.71. The first-order chi connectivity index (χ1) is 13.5. The number of aliphatic hydroxyl groups excluding tert-OH is 1. The molecule has 1 N–H and O–H groups in total. The van der Waals surface area contributed by atoms with Gasteiger partial charge in [0.2, 0.25) is 0 Å². The van der Waals surface area contributed by atoms with Crippen molar-refractivity contribution in [3.05, 3.63) is 60.6 Å². The Morgan fingerprint density at radius 1 is 0.714 bits per heavy atom. The van der Waals surface area contributed by atoms with E-state index < -0.39 is 17.9 Å². The molecule has 0 aromatic heterocycles. The van der Waals surface area contributed by atoms with E-state index >= 15 is 0 Å². The fourth-order valence-corrected chi connectivity index (χ4v) is 1.90. The third-order valence-corrected chi connectivity index (χ3v) is 3.07. The van der Waals surface area contributed by atoms with E-state index in [2.05, 4.69) is 13.2 Å². The Morgan fingerprint density at radius 2 is 1.07 bits per heavy atom. The van der Waals surface area contributed by atoms with E-state index in [0.717, 1.165) is 0 Å². The van der Waals surface area contributed by atoms with Crippen LogP contribution in [0, 0.1) is 0 Å². The van der Waals surface area contributed by atoms with Gasteiger partial charge in [0.15, 0.2) is 0 Å². The monoisotopic (exact) mass is 394 g/mol. The van der Waals surface area contributed by atoms with Crippen molar-refractivity contribution in [3.63, 3.8) is 0 Å². The molecule has 0 radical (unpaired) electrons. The van der Waals surface area contributed by atoms with Gasteiger partial charge in [0.25, 0.3) is 0 Å².